The third-order valence-electron chi connectivity index (χ3n) is 6.02. The molecule has 8 nitrogen and oxygen atoms in total. The van der Waals surface area contributed by atoms with Crippen LogP contribution in [0.3, 0.4) is 0 Å². The van der Waals surface area contributed by atoms with Gasteiger partial charge in [0.1, 0.15) is 36.0 Å². The van der Waals surface area contributed by atoms with Crippen LogP contribution in [0, 0.1) is 18.6 Å². The van der Waals surface area contributed by atoms with E-state index in [0.29, 0.717) is 23.2 Å². The Hall–Kier alpha value is -4.16. The van der Waals surface area contributed by atoms with Gasteiger partial charge in [-0.1, -0.05) is 0 Å². The topological polar surface area (TPSA) is 87.8 Å². The monoisotopic (exact) mass is 532 g/mol. The minimum atomic E-state index is -4.75. The first-order valence-electron chi connectivity index (χ1n) is 11.5. The quantitative estimate of drug-likeness (QED) is 0.295. The van der Waals surface area contributed by atoms with Crippen molar-refractivity contribution in [2.24, 2.45) is 7.05 Å². The average Bonchev–Trinajstić information content (AvgIpc) is 3.64. The fourth-order valence-electron chi connectivity index (χ4n) is 4.02. The van der Waals surface area contributed by atoms with E-state index in [2.05, 4.69) is 24.9 Å². The number of aryl methyl sites for hydroxylation is 2. The molecule has 0 radical (unpaired) electrons. The van der Waals surface area contributed by atoms with Crippen LogP contribution in [0.5, 0.6) is 11.8 Å². The summed E-state index contributed by atoms with van der Waals surface area (Å²) in [7, 11) is 2.71. The molecule has 1 aliphatic carbocycles. The van der Waals surface area contributed by atoms with Crippen molar-refractivity contribution < 1.29 is 31.4 Å². The number of methoxy groups -OCH3 is 1. The molecule has 0 aliphatic heterocycles. The second kappa shape index (κ2) is 9.62. The molecule has 4 aromatic rings. The molecule has 1 saturated carbocycles. The first-order chi connectivity index (χ1) is 18.1. The Kier molecular flexibility index (Phi) is 6.45. The first-order valence-corrected chi connectivity index (χ1v) is 11.5. The van der Waals surface area contributed by atoms with Gasteiger partial charge in [-0.2, -0.15) is 18.2 Å². The predicted molar refractivity (Wildman–Crippen MR) is 124 cm³/mol. The SMILES string of the molecule is COc1ncnc(C2CC2)c1-c1ncc(C)c(OCc2cc(F)c(-c3nc(C(F)(F)F)cn3C)c(F)c2)n1. The molecule has 3 heterocycles. The van der Waals surface area contributed by atoms with Gasteiger partial charge in [0.15, 0.2) is 11.5 Å². The molecule has 0 amide bonds. The van der Waals surface area contributed by atoms with Crippen LogP contribution in [-0.4, -0.2) is 36.6 Å². The van der Waals surface area contributed by atoms with Crippen LogP contribution in [0.4, 0.5) is 22.0 Å². The van der Waals surface area contributed by atoms with Gasteiger partial charge in [-0.05, 0) is 37.5 Å². The zero-order valence-electron chi connectivity index (χ0n) is 20.5. The normalized spacial score (nSPS) is 13.6. The molecule has 1 fully saturated rings. The number of ether oxygens (including phenoxy) is 2. The summed E-state index contributed by atoms with van der Waals surface area (Å²) in [5.74, 6) is -1.61. The van der Waals surface area contributed by atoms with Crippen LogP contribution in [0.25, 0.3) is 22.8 Å². The van der Waals surface area contributed by atoms with E-state index in [0.717, 1.165) is 35.2 Å². The second-order valence-corrected chi connectivity index (χ2v) is 8.88. The summed E-state index contributed by atoms with van der Waals surface area (Å²) in [6, 6.07) is 1.97. The first kappa shape index (κ1) is 25.5. The van der Waals surface area contributed by atoms with Crippen molar-refractivity contribution in [3.63, 3.8) is 0 Å². The van der Waals surface area contributed by atoms with Gasteiger partial charge >= 0.3 is 6.18 Å². The van der Waals surface area contributed by atoms with E-state index >= 15 is 0 Å². The fourth-order valence-corrected chi connectivity index (χ4v) is 4.02. The van der Waals surface area contributed by atoms with Crippen LogP contribution in [0.2, 0.25) is 0 Å². The predicted octanol–water partition coefficient (Wildman–Crippen LogP) is 5.40. The third kappa shape index (κ3) is 4.87. The highest BCUT2D eigenvalue weighted by Crippen LogP contribution is 2.45. The lowest BCUT2D eigenvalue weighted by atomic mass is 10.1. The largest absolute Gasteiger partial charge is 0.480 e. The molecule has 0 saturated heterocycles. The molecule has 1 aliphatic rings. The van der Waals surface area contributed by atoms with E-state index in [-0.39, 0.29) is 29.8 Å². The highest BCUT2D eigenvalue weighted by atomic mass is 19.4. The molecule has 0 atom stereocenters. The molecule has 0 spiro atoms. The number of imidazole rings is 1. The fraction of sp³-hybridized carbons (Fsp3) is 0.320. The van der Waals surface area contributed by atoms with Crippen LogP contribution >= 0.6 is 0 Å². The molecule has 1 aromatic carbocycles. The standard InChI is InChI=1S/C25H21F5N6O2/c1-12-8-31-21(19-20(14-4-5-14)32-11-33-24(19)37-3)35-23(12)38-10-13-6-15(26)18(16(27)7-13)22-34-17(9-36(22)2)25(28,29)30/h6-9,11,14H,4-5,10H2,1-3H3. The van der Waals surface area contributed by atoms with E-state index in [1.165, 1.54) is 20.5 Å². The number of benzene rings is 1. The van der Waals surface area contributed by atoms with E-state index in [9.17, 15) is 22.0 Å². The molecule has 5 rings (SSSR count). The highest BCUT2D eigenvalue weighted by Gasteiger charge is 2.35. The van der Waals surface area contributed by atoms with Crippen molar-refractivity contribution in [1.82, 2.24) is 29.5 Å². The minimum absolute atomic E-state index is 0.105. The van der Waals surface area contributed by atoms with Gasteiger partial charge in [-0.25, -0.2) is 28.7 Å². The molecule has 13 heteroatoms. The van der Waals surface area contributed by atoms with E-state index in [1.54, 1.807) is 13.1 Å². The number of hydrogen-bond donors (Lipinski definition) is 0. The molecule has 0 bridgehead atoms. The Labute approximate surface area is 213 Å². The molecule has 198 valence electrons. The Bertz CT molecular complexity index is 1490. The van der Waals surface area contributed by atoms with Crippen molar-refractivity contribution in [3.8, 4) is 34.5 Å². The van der Waals surface area contributed by atoms with Crippen molar-refractivity contribution in [1.29, 1.82) is 0 Å². The lowest BCUT2D eigenvalue weighted by molar-refractivity contribution is -0.140. The summed E-state index contributed by atoms with van der Waals surface area (Å²) in [6.45, 7) is 1.45. The Balaban J connectivity index is 1.42. The van der Waals surface area contributed by atoms with Crippen molar-refractivity contribution in [2.75, 3.05) is 7.11 Å². The van der Waals surface area contributed by atoms with E-state index < -0.39 is 34.9 Å². The number of rotatable bonds is 7. The molecule has 3 aromatic heterocycles. The zero-order chi connectivity index (χ0) is 27.2. The number of nitrogens with zero attached hydrogens (tertiary/aromatic N) is 6. The summed E-state index contributed by atoms with van der Waals surface area (Å²) in [6.07, 6.45) is 0.840. The average molecular weight is 532 g/mol. The minimum Gasteiger partial charge on any atom is -0.480 e. The third-order valence-corrected chi connectivity index (χ3v) is 6.02. The zero-order valence-corrected chi connectivity index (χ0v) is 20.5. The Morgan fingerprint density at radius 2 is 1.71 bits per heavy atom. The van der Waals surface area contributed by atoms with Crippen molar-refractivity contribution in [2.45, 2.75) is 38.5 Å². The molecule has 0 N–H and O–H groups in total. The summed E-state index contributed by atoms with van der Waals surface area (Å²) >= 11 is 0. The second-order valence-electron chi connectivity index (χ2n) is 8.88. The smallest absolute Gasteiger partial charge is 0.434 e. The summed E-state index contributed by atoms with van der Waals surface area (Å²) in [4.78, 5) is 20.8. The molecule has 38 heavy (non-hydrogen) atoms. The van der Waals surface area contributed by atoms with Gasteiger partial charge in [0.25, 0.3) is 0 Å². The number of halogens is 5. The van der Waals surface area contributed by atoms with Crippen LogP contribution in [0.1, 0.15) is 41.3 Å². The summed E-state index contributed by atoms with van der Waals surface area (Å²) < 4.78 is 80.9. The van der Waals surface area contributed by atoms with Gasteiger partial charge < -0.3 is 14.0 Å². The highest BCUT2D eigenvalue weighted by molar-refractivity contribution is 5.66. The molecule has 0 unspecified atom stereocenters. The van der Waals surface area contributed by atoms with E-state index in [1.807, 2.05) is 0 Å². The van der Waals surface area contributed by atoms with Gasteiger partial charge in [-0.3, -0.25) is 0 Å². The number of aromatic nitrogens is 6. The number of hydrogen-bond acceptors (Lipinski definition) is 7. The van der Waals surface area contributed by atoms with Crippen LogP contribution < -0.4 is 9.47 Å². The maximum absolute atomic E-state index is 14.9. The Morgan fingerprint density at radius 1 is 1.00 bits per heavy atom. The van der Waals surface area contributed by atoms with Crippen LogP contribution in [0.15, 0.2) is 30.9 Å². The van der Waals surface area contributed by atoms with Crippen molar-refractivity contribution in [3.05, 3.63) is 65.0 Å². The lowest BCUT2D eigenvalue weighted by Crippen LogP contribution is -2.06. The van der Waals surface area contributed by atoms with Gasteiger partial charge in [0.2, 0.25) is 11.8 Å². The molecular weight excluding hydrogens is 511 g/mol. The van der Waals surface area contributed by atoms with Crippen molar-refractivity contribution >= 4 is 0 Å². The maximum Gasteiger partial charge on any atom is 0.434 e. The van der Waals surface area contributed by atoms with Gasteiger partial charge in [0.05, 0.1) is 18.4 Å². The lowest BCUT2D eigenvalue weighted by Gasteiger charge is -2.13. The summed E-state index contributed by atoms with van der Waals surface area (Å²) in [5, 5.41) is 0. The van der Waals surface area contributed by atoms with Gasteiger partial charge in [-0.15, -0.1) is 0 Å². The molecular formula is C25H21F5N6O2. The summed E-state index contributed by atoms with van der Waals surface area (Å²) in [5.41, 5.74) is 0.0830. The van der Waals surface area contributed by atoms with E-state index in [4.69, 9.17) is 9.47 Å². The Morgan fingerprint density at radius 3 is 2.32 bits per heavy atom. The number of alkyl halides is 3. The van der Waals surface area contributed by atoms with Gasteiger partial charge in [0, 0.05) is 30.9 Å². The maximum atomic E-state index is 14.9. The van der Waals surface area contributed by atoms with Crippen LogP contribution in [-0.2, 0) is 19.8 Å².